The zero-order valence-corrected chi connectivity index (χ0v) is 11.0. The van der Waals surface area contributed by atoms with Gasteiger partial charge in [-0.1, -0.05) is 0 Å². The van der Waals surface area contributed by atoms with Gasteiger partial charge >= 0.3 is 0 Å². The minimum Gasteiger partial charge on any atom is -0.468 e. The Morgan fingerprint density at radius 3 is 2.95 bits per heavy atom. The molecule has 5 heteroatoms. The highest BCUT2D eigenvalue weighted by Crippen LogP contribution is 2.24. The first-order chi connectivity index (χ1) is 9.43. The molecule has 5 nitrogen and oxygen atoms in total. The first kappa shape index (κ1) is 12.4. The fourth-order valence-corrected chi connectivity index (χ4v) is 2.67. The molecule has 1 atom stereocenters. The Hall–Kier alpha value is -1.59. The monoisotopic (exact) mass is 260 g/mol. The fraction of sp³-hybridized carbons (Fsp3) is 0.500. The third kappa shape index (κ3) is 3.05. The quantitative estimate of drug-likeness (QED) is 0.833. The molecule has 2 N–H and O–H groups in total. The summed E-state index contributed by atoms with van der Waals surface area (Å²) in [5, 5.41) is 10.4. The van der Waals surface area contributed by atoms with Gasteiger partial charge in [0.05, 0.1) is 12.3 Å². The van der Waals surface area contributed by atoms with Crippen molar-refractivity contribution in [1.82, 2.24) is 20.4 Å². The number of aromatic amines is 1. The Bertz CT molecular complexity index is 460. The summed E-state index contributed by atoms with van der Waals surface area (Å²) in [6, 6.07) is 6.36. The average molecular weight is 260 g/mol. The molecule has 0 amide bonds. The summed E-state index contributed by atoms with van der Waals surface area (Å²) in [5.41, 5.74) is 1.11. The Morgan fingerprint density at radius 1 is 1.37 bits per heavy atom. The van der Waals surface area contributed by atoms with Gasteiger partial charge in [-0.2, -0.15) is 5.10 Å². The number of likely N-dealkylation sites (tertiary alicyclic amines) is 1. The van der Waals surface area contributed by atoms with Crippen LogP contribution in [0.25, 0.3) is 0 Å². The predicted octanol–water partition coefficient (Wildman–Crippen LogP) is 1.93. The SMILES string of the molecule is c1coc(C(CNCc2ccn[nH]2)N2CCCC2)c1. The largest absolute Gasteiger partial charge is 0.468 e. The summed E-state index contributed by atoms with van der Waals surface area (Å²) in [6.45, 7) is 4.03. The van der Waals surface area contributed by atoms with Gasteiger partial charge < -0.3 is 9.73 Å². The molecule has 1 aliphatic heterocycles. The first-order valence-electron chi connectivity index (χ1n) is 6.90. The first-order valence-corrected chi connectivity index (χ1v) is 6.90. The molecule has 0 bridgehead atoms. The highest BCUT2D eigenvalue weighted by molar-refractivity contribution is 5.06. The average Bonchev–Trinajstić information content (AvgIpc) is 3.15. The van der Waals surface area contributed by atoms with Gasteiger partial charge in [-0.25, -0.2) is 0 Å². The second-order valence-corrected chi connectivity index (χ2v) is 4.99. The van der Waals surface area contributed by atoms with E-state index in [9.17, 15) is 0 Å². The zero-order chi connectivity index (χ0) is 12.9. The van der Waals surface area contributed by atoms with E-state index in [-0.39, 0.29) is 0 Å². The van der Waals surface area contributed by atoms with E-state index in [2.05, 4.69) is 26.5 Å². The lowest BCUT2D eigenvalue weighted by molar-refractivity contribution is 0.209. The number of hydrogen-bond acceptors (Lipinski definition) is 4. The molecule has 0 aliphatic carbocycles. The Balaban J connectivity index is 1.59. The van der Waals surface area contributed by atoms with Gasteiger partial charge in [0, 0.05) is 25.0 Å². The minimum absolute atomic E-state index is 0.334. The zero-order valence-electron chi connectivity index (χ0n) is 11.0. The molecular weight excluding hydrogens is 240 g/mol. The van der Waals surface area contributed by atoms with Gasteiger partial charge in [-0.3, -0.25) is 10.00 Å². The van der Waals surface area contributed by atoms with Crippen molar-refractivity contribution in [2.45, 2.75) is 25.4 Å². The number of nitrogens with zero attached hydrogens (tertiary/aromatic N) is 2. The molecule has 1 saturated heterocycles. The Kier molecular flexibility index (Phi) is 3.95. The molecule has 3 heterocycles. The van der Waals surface area contributed by atoms with E-state index in [0.29, 0.717) is 6.04 Å². The maximum absolute atomic E-state index is 5.59. The van der Waals surface area contributed by atoms with E-state index < -0.39 is 0 Å². The van der Waals surface area contributed by atoms with Crippen LogP contribution in [0.1, 0.15) is 30.3 Å². The summed E-state index contributed by atoms with van der Waals surface area (Å²) < 4.78 is 5.59. The third-order valence-corrected chi connectivity index (χ3v) is 3.66. The van der Waals surface area contributed by atoms with Crippen LogP contribution in [0, 0.1) is 0 Å². The number of H-pyrrole nitrogens is 1. The van der Waals surface area contributed by atoms with Gasteiger partial charge in [-0.05, 0) is 44.1 Å². The molecule has 0 radical (unpaired) electrons. The van der Waals surface area contributed by atoms with E-state index in [1.54, 1.807) is 12.5 Å². The molecule has 1 fully saturated rings. The lowest BCUT2D eigenvalue weighted by Crippen LogP contribution is -2.33. The van der Waals surface area contributed by atoms with E-state index in [1.807, 2.05) is 12.1 Å². The molecule has 1 aliphatic rings. The van der Waals surface area contributed by atoms with Crippen LogP contribution in [0.4, 0.5) is 0 Å². The molecular formula is C14H20N4O. The molecule has 2 aromatic rings. The maximum Gasteiger partial charge on any atom is 0.122 e. The highest BCUT2D eigenvalue weighted by atomic mass is 16.3. The van der Waals surface area contributed by atoms with Crippen molar-refractivity contribution in [1.29, 1.82) is 0 Å². The van der Waals surface area contributed by atoms with Crippen molar-refractivity contribution >= 4 is 0 Å². The topological polar surface area (TPSA) is 57.1 Å². The lowest BCUT2D eigenvalue weighted by atomic mass is 10.2. The number of furan rings is 1. The molecule has 0 saturated carbocycles. The van der Waals surface area contributed by atoms with E-state index in [1.165, 1.54) is 12.8 Å². The van der Waals surface area contributed by atoms with Gasteiger partial charge in [-0.15, -0.1) is 0 Å². The lowest BCUT2D eigenvalue weighted by Gasteiger charge is -2.26. The second kappa shape index (κ2) is 6.04. The summed E-state index contributed by atoms with van der Waals surface area (Å²) in [4.78, 5) is 2.50. The van der Waals surface area contributed by atoms with E-state index in [0.717, 1.165) is 37.6 Å². The molecule has 1 unspecified atom stereocenters. The number of hydrogen-bond donors (Lipinski definition) is 2. The van der Waals surface area contributed by atoms with Crippen LogP contribution in [0.5, 0.6) is 0 Å². The van der Waals surface area contributed by atoms with Crippen LogP contribution < -0.4 is 5.32 Å². The van der Waals surface area contributed by atoms with Crippen molar-refractivity contribution in [3.63, 3.8) is 0 Å². The normalized spacial score (nSPS) is 17.9. The van der Waals surface area contributed by atoms with Crippen molar-refractivity contribution in [2.75, 3.05) is 19.6 Å². The predicted molar refractivity (Wildman–Crippen MR) is 72.6 cm³/mol. The molecule has 3 rings (SSSR count). The summed E-state index contributed by atoms with van der Waals surface area (Å²) in [5.74, 6) is 1.05. The summed E-state index contributed by atoms with van der Waals surface area (Å²) >= 11 is 0. The van der Waals surface area contributed by atoms with Crippen LogP contribution in [-0.2, 0) is 6.54 Å². The van der Waals surface area contributed by atoms with Crippen molar-refractivity contribution in [2.24, 2.45) is 0 Å². The summed E-state index contributed by atoms with van der Waals surface area (Å²) in [7, 11) is 0. The van der Waals surface area contributed by atoms with Crippen molar-refractivity contribution < 1.29 is 4.42 Å². The van der Waals surface area contributed by atoms with Gasteiger partial charge in [0.25, 0.3) is 0 Å². The minimum atomic E-state index is 0.334. The van der Waals surface area contributed by atoms with Crippen LogP contribution in [-0.4, -0.2) is 34.7 Å². The van der Waals surface area contributed by atoms with E-state index >= 15 is 0 Å². The van der Waals surface area contributed by atoms with Gasteiger partial charge in [0.15, 0.2) is 0 Å². The van der Waals surface area contributed by atoms with E-state index in [4.69, 9.17) is 4.42 Å². The van der Waals surface area contributed by atoms with Gasteiger partial charge in [0.2, 0.25) is 0 Å². The third-order valence-electron chi connectivity index (χ3n) is 3.66. The number of aromatic nitrogens is 2. The second-order valence-electron chi connectivity index (χ2n) is 4.99. The maximum atomic E-state index is 5.59. The molecule has 102 valence electrons. The molecule has 0 aromatic carbocycles. The van der Waals surface area contributed by atoms with Crippen LogP contribution in [0.3, 0.4) is 0 Å². The smallest absolute Gasteiger partial charge is 0.122 e. The number of rotatable bonds is 6. The van der Waals surface area contributed by atoms with Crippen LogP contribution in [0.2, 0.25) is 0 Å². The van der Waals surface area contributed by atoms with Crippen molar-refractivity contribution in [3.05, 3.63) is 42.1 Å². The number of nitrogens with one attached hydrogen (secondary N) is 2. The van der Waals surface area contributed by atoms with Gasteiger partial charge in [0.1, 0.15) is 5.76 Å². The van der Waals surface area contributed by atoms with Crippen molar-refractivity contribution in [3.8, 4) is 0 Å². The molecule has 19 heavy (non-hydrogen) atoms. The van der Waals surface area contributed by atoms with Crippen LogP contribution >= 0.6 is 0 Å². The molecule has 2 aromatic heterocycles. The molecule has 0 spiro atoms. The fourth-order valence-electron chi connectivity index (χ4n) is 2.67. The van der Waals surface area contributed by atoms with Crippen LogP contribution in [0.15, 0.2) is 35.1 Å². The Morgan fingerprint density at radius 2 is 2.26 bits per heavy atom. The standard InChI is InChI=1S/C14H20N4O/c1-2-8-18(7-1)13(14-4-3-9-19-14)11-15-10-12-5-6-16-17-12/h3-6,9,13,15H,1-2,7-8,10-11H2,(H,16,17). The Labute approximate surface area is 113 Å². The summed E-state index contributed by atoms with van der Waals surface area (Å²) in [6.07, 6.45) is 6.12. The highest BCUT2D eigenvalue weighted by Gasteiger charge is 2.24.